The highest BCUT2D eigenvalue weighted by molar-refractivity contribution is 5.98. The summed E-state index contributed by atoms with van der Waals surface area (Å²) >= 11 is 0. The highest BCUT2D eigenvalue weighted by Crippen LogP contribution is 2.34. The summed E-state index contributed by atoms with van der Waals surface area (Å²) in [6.07, 6.45) is 4.84. The van der Waals surface area contributed by atoms with Crippen LogP contribution in [0.4, 0.5) is 5.82 Å². The standard InChI is InChI=1S/C27H28N8O2/c1-33(2)14-7-11-23(36)34-15-6-8-20(17-34)35-27-24(26(28)30-18-31-27)25(32-35)19-12-13-22(29-16-19)37-21-9-4-3-5-10-21/h3-5,9-10,12-13,16,18,20H,6,8,14-15,17H2,1-2H3,(H2,28,30,31). The van der Waals surface area contributed by atoms with E-state index in [1.807, 2.05) is 60.1 Å². The third kappa shape index (κ3) is 5.37. The number of amides is 1. The Morgan fingerprint density at radius 1 is 1.16 bits per heavy atom. The number of anilines is 1. The van der Waals surface area contributed by atoms with Gasteiger partial charge < -0.3 is 15.4 Å². The number of ether oxygens (including phenoxy) is 1. The molecule has 10 heteroatoms. The number of fused-ring (bicyclic) bond motifs is 1. The van der Waals surface area contributed by atoms with Crippen molar-refractivity contribution in [1.29, 1.82) is 0 Å². The number of hydrogen-bond donors (Lipinski definition) is 1. The van der Waals surface area contributed by atoms with Crippen LogP contribution >= 0.6 is 0 Å². The van der Waals surface area contributed by atoms with Crippen molar-refractivity contribution in [2.24, 2.45) is 0 Å². The van der Waals surface area contributed by atoms with Gasteiger partial charge in [0.2, 0.25) is 5.88 Å². The van der Waals surface area contributed by atoms with Crippen LogP contribution in [0, 0.1) is 11.8 Å². The maximum absolute atomic E-state index is 12.7. The lowest BCUT2D eigenvalue weighted by molar-refractivity contribution is -0.126. The number of carbonyl (C=O) groups excluding carboxylic acids is 1. The molecule has 1 fully saturated rings. The average molecular weight is 497 g/mol. The molecular weight excluding hydrogens is 468 g/mol. The van der Waals surface area contributed by atoms with Gasteiger partial charge in [-0.15, -0.1) is 0 Å². The second kappa shape index (κ2) is 10.6. The van der Waals surface area contributed by atoms with Crippen LogP contribution in [-0.2, 0) is 4.79 Å². The van der Waals surface area contributed by atoms with E-state index in [2.05, 4.69) is 26.8 Å². The Balaban J connectivity index is 1.43. The van der Waals surface area contributed by atoms with Gasteiger partial charge >= 0.3 is 0 Å². The second-order valence-electron chi connectivity index (χ2n) is 9.14. The normalized spacial score (nSPS) is 15.4. The van der Waals surface area contributed by atoms with Gasteiger partial charge in [0.1, 0.15) is 23.6 Å². The fourth-order valence-electron chi connectivity index (χ4n) is 4.33. The summed E-state index contributed by atoms with van der Waals surface area (Å²) < 4.78 is 7.68. The fraction of sp³-hybridized carbons (Fsp3) is 0.296. The number of pyridine rings is 1. The van der Waals surface area contributed by atoms with E-state index in [-0.39, 0.29) is 11.9 Å². The van der Waals surface area contributed by atoms with Crippen LogP contribution in [0.3, 0.4) is 0 Å². The van der Waals surface area contributed by atoms with E-state index in [0.717, 1.165) is 18.4 Å². The van der Waals surface area contributed by atoms with Crippen LogP contribution in [0.1, 0.15) is 18.9 Å². The lowest BCUT2D eigenvalue weighted by Crippen LogP contribution is -2.40. The van der Waals surface area contributed by atoms with Crippen molar-refractivity contribution in [2.45, 2.75) is 18.9 Å². The zero-order chi connectivity index (χ0) is 25.8. The van der Waals surface area contributed by atoms with Crippen molar-refractivity contribution in [3.63, 3.8) is 0 Å². The minimum absolute atomic E-state index is 0.0625. The number of likely N-dealkylation sites (tertiary alicyclic amines) is 1. The lowest BCUT2D eigenvalue weighted by Gasteiger charge is -2.31. The van der Waals surface area contributed by atoms with Gasteiger partial charge in [0.05, 0.1) is 18.0 Å². The molecule has 4 aromatic rings. The predicted octanol–water partition coefficient (Wildman–Crippen LogP) is 2.99. The van der Waals surface area contributed by atoms with Gasteiger partial charge in [0.25, 0.3) is 5.91 Å². The number of nitrogens with two attached hydrogens (primary N) is 1. The van der Waals surface area contributed by atoms with Crippen molar-refractivity contribution >= 4 is 22.8 Å². The van der Waals surface area contributed by atoms with E-state index in [1.165, 1.54) is 6.33 Å². The Morgan fingerprint density at radius 2 is 2.00 bits per heavy atom. The zero-order valence-electron chi connectivity index (χ0n) is 20.8. The van der Waals surface area contributed by atoms with Crippen LogP contribution in [-0.4, -0.2) is 74.2 Å². The average Bonchev–Trinajstić information content (AvgIpc) is 3.31. The monoisotopic (exact) mass is 496 g/mol. The lowest BCUT2D eigenvalue weighted by atomic mass is 10.1. The molecule has 0 saturated carbocycles. The summed E-state index contributed by atoms with van der Waals surface area (Å²) in [5.74, 6) is 7.03. The molecule has 1 aliphatic rings. The molecule has 0 aliphatic carbocycles. The predicted molar refractivity (Wildman–Crippen MR) is 141 cm³/mol. The molecule has 5 rings (SSSR count). The maximum Gasteiger partial charge on any atom is 0.298 e. The molecule has 2 N–H and O–H groups in total. The van der Waals surface area contributed by atoms with Gasteiger partial charge in [0, 0.05) is 30.9 Å². The summed E-state index contributed by atoms with van der Waals surface area (Å²) in [5.41, 5.74) is 8.32. The van der Waals surface area contributed by atoms with Crippen molar-refractivity contribution in [3.05, 3.63) is 55.0 Å². The zero-order valence-corrected chi connectivity index (χ0v) is 20.8. The van der Waals surface area contributed by atoms with Gasteiger partial charge in [-0.2, -0.15) is 5.10 Å². The first-order chi connectivity index (χ1) is 18.0. The molecule has 0 spiro atoms. The first kappa shape index (κ1) is 24.2. The molecule has 10 nitrogen and oxygen atoms in total. The van der Waals surface area contributed by atoms with Crippen molar-refractivity contribution in [2.75, 3.05) is 39.5 Å². The van der Waals surface area contributed by atoms with Crippen molar-refractivity contribution < 1.29 is 9.53 Å². The Bertz CT molecular complexity index is 1460. The van der Waals surface area contributed by atoms with Crippen molar-refractivity contribution in [3.8, 4) is 34.7 Å². The summed E-state index contributed by atoms with van der Waals surface area (Å²) in [7, 11) is 3.84. The van der Waals surface area contributed by atoms with Crippen LogP contribution in [0.15, 0.2) is 55.0 Å². The summed E-state index contributed by atoms with van der Waals surface area (Å²) in [6.45, 7) is 1.70. The van der Waals surface area contributed by atoms with Gasteiger partial charge in [0.15, 0.2) is 5.65 Å². The molecular formula is C27H28N8O2. The van der Waals surface area contributed by atoms with Crippen LogP contribution in [0.5, 0.6) is 11.6 Å². The number of aromatic nitrogens is 5. The van der Waals surface area contributed by atoms with Gasteiger partial charge in [-0.1, -0.05) is 24.1 Å². The third-order valence-corrected chi connectivity index (χ3v) is 6.11. The Labute approximate surface area is 215 Å². The van der Waals surface area contributed by atoms with E-state index in [4.69, 9.17) is 15.6 Å². The molecule has 1 aromatic carbocycles. The van der Waals surface area contributed by atoms with E-state index >= 15 is 0 Å². The number of nitrogen functional groups attached to an aromatic ring is 1. The number of para-hydroxylation sites is 1. The molecule has 188 valence electrons. The van der Waals surface area contributed by atoms with Gasteiger partial charge in [-0.25, -0.2) is 19.6 Å². The number of carbonyl (C=O) groups is 1. The molecule has 3 aromatic heterocycles. The summed E-state index contributed by atoms with van der Waals surface area (Å²) in [6, 6.07) is 13.1. The molecule has 0 bridgehead atoms. The number of hydrogen-bond acceptors (Lipinski definition) is 8. The highest BCUT2D eigenvalue weighted by atomic mass is 16.5. The van der Waals surface area contributed by atoms with Crippen LogP contribution in [0.2, 0.25) is 0 Å². The minimum Gasteiger partial charge on any atom is -0.439 e. The van der Waals surface area contributed by atoms with Gasteiger partial charge in [-0.3, -0.25) is 9.69 Å². The number of piperidine rings is 1. The summed E-state index contributed by atoms with van der Waals surface area (Å²) in [5, 5.41) is 5.57. The second-order valence-corrected chi connectivity index (χ2v) is 9.14. The molecule has 0 radical (unpaired) electrons. The third-order valence-electron chi connectivity index (χ3n) is 6.11. The van der Waals surface area contributed by atoms with E-state index in [9.17, 15) is 4.79 Å². The number of nitrogens with zero attached hydrogens (tertiary/aromatic N) is 7. The summed E-state index contributed by atoms with van der Waals surface area (Å²) in [4.78, 5) is 29.6. The molecule has 4 heterocycles. The molecule has 1 amide bonds. The molecule has 1 saturated heterocycles. The first-order valence-electron chi connectivity index (χ1n) is 12.1. The largest absolute Gasteiger partial charge is 0.439 e. The molecule has 1 aliphatic heterocycles. The Hall–Kier alpha value is -4.49. The highest BCUT2D eigenvalue weighted by Gasteiger charge is 2.28. The molecule has 1 atom stereocenters. The minimum atomic E-state index is -0.171. The van der Waals surface area contributed by atoms with E-state index in [0.29, 0.717) is 53.8 Å². The molecule has 1 unspecified atom stereocenters. The van der Waals surface area contributed by atoms with Crippen LogP contribution in [0.25, 0.3) is 22.3 Å². The molecule has 37 heavy (non-hydrogen) atoms. The van der Waals surface area contributed by atoms with Gasteiger partial charge in [-0.05, 0) is 51.1 Å². The number of rotatable bonds is 5. The number of benzene rings is 1. The smallest absolute Gasteiger partial charge is 0.298 e. The van der Waals surface area contributed by atoms with E-state index < -0.39 is 0 Å². The van der Waals surface area contributed by atoms with Crippen molar-refractivity contribution in [1.82, 2.24) is 34.5 Å². The Morgan fingerprint density at radius 3 is 2.76 bits per heavy atom. The van der Waals surface area contributed by atoms with Crippen LogP contribution < -0.4 is 10.5 Å². The Kier molecular flexibility index (Phi) is 6.96. The maximum atomic E-state index is 12.7. The first-order valence-corrected chi connectivity index (χ1v) is 12.1. The quantitative estimate of drug-likeness (QED) is 0.419. The fourth-order valence-corrected chi connectivity index (χ4v) is 4.33. The SMILES string of the molecule is CN(C)CC#CC(=O)N1CCCC(n2nc(-c3ccc(Oc4ccccc4)nc3)c3c(N)ncnc32)C1. The van der Waals surface area contributed by atoms with E-state index in [1.54, 1.807) is 17.2 Å². The topological polar surface area (TPSA) is 115 Å².